The molecule has 0 aliphatic carbocycles. The molecule has 6 aromatic rings. The first-order chi connectivity index (χ1) is 22.0. The Morgan fingerprint density at radius 3 is 2.52 bits per heavy atom. The van der Waals surface area contributed by atoms with Gasteiger partial charge in [0.2, 0.25) is 5.52 Å². The van der Waals surface area contributed by atoms with E-state index in [9.17, 15) is 0 Å². The summed E-state index contributed by atoms with van der Waals surface area (Å²) in [5.74, 6) is 1.43. The summed E-state index contributed by atoms with van der Waals surface area (Å²) in [6.07, 6.45) is 6.13. The second-order valence-corrected chi connectivity index (χ2v) is 19.4. The molecular weight excluding hydrogens is 581 g/mol. The molecule has 0 N–H and O–H groups in total. The molecule has 0 bridgehead atoms. The maximum Gasteiger partial charge on any atom is 0.299 e. The molecule has 0 saturated carbocycles. The number of pyridine rings is 1. The maximum atomic E-state index is 6.80. The summed E-state index contributed by atoms with van der Waals surface area (Å²) in [6.45, 7) is 24.0. The molecule has 3 aromatic heterocycles. The maximum absolute atomic E-state index is 6.80. The van der Waals surface area contributed by atoms with Gasteiger partial charge in [-0.3, -0.25) is 4.98 Å². The molecule has 2 atom stereocenters. The number of rotatable bonds is 4. The van der Waals surface area contributed by atoms with Crippen molar-refractivity contribution < 1.29 is 13.6 Å². The van der Waals surface area contributed by atoms with E-state index in [0.717, 1.165) is 74.2 Å². The second kappa shape index (κ2) is 11.4. The standard InChI is InChI=1S/C40H44N4OSi/c1-26-18-19-30-20-21-33-32-16-12-13-17-35(32)45-39(33)36(30)40-43(24-27(2)37(26)42(5)25-28(3)46(6,7)8)34-22-23-41-29(4)38(34)44(40)31-14-10-9-11-15-31/h9-17,20-23,25-26,37H,2,5,18-19,24H2,1,3-4,6-8H3/q+2/b28-25+. The number of hydrogen-bond donors (Lipinski definition) is 0. The Hall–Kier alpha value is -4.55. The molecule has 0 saturated heterocycles. The minimum absolute atomic E-state index is 0.0844. The summed E-state index contributed by atoms with van der Waals surface area (Å²) in [6, 6.07) is 25.9. The Morgan fingerprint density at radius 2 is 1.76 bits per heavy atom. The van der Waals surface area contributed by atoms with Crippen LogP contribution >= 0.6 is 0 Å². The molecule has 0 spiro atoms. The van der Waals surface area contributed by atoms with Crippen LogP contribution in [0.25, 0.3) is 50.0 Å². The molecule has 46 heavy (non-hydrogen) atoms. The van der Waals surface area contributed by atoms with E-state index >= 15 is 0 Å². The monoisotopic (exact) mass is 624 g/mol. The Kier molecular flexibility index (Phi) is 7.44. The van der Waals surface area contributed by atoms with Crippen molar-refractivity contribution in [2.24, 2.45) is 5.92 Å². The van der Waals surface area contributed by atoms with E-state index < -0.39 is 8.07 Å². The zero-order chi connectivity index (χ0) is 32.3. The third-order valence-electron chi connectivity index (χ3n) is 10.0. The minimum atomic E-state index is -1.47. The highest BCUT2D eigenvalue weighted by Crippen LogP contribution is 2.41. The number of aryl methyl sites for hydroxylation is 2. The van der Waals surface area contributed by atoms with Gasteiger partial charge in [-0.1, -0.05) is 81.7 Å². The van der Waals surface area contributed by atoms with Crippen molar-refractivity contribution in [2.75, 3.05) is 0 Å². The molecule has 5 nitrogen and oxygen atoms in total. The van der Waals surface area contributed by atoms with Gasteiger partial charge in [0.05, 0.1) is 13.8 Å². The summed E-state index contributed by atoms with van der Waals surface area (Å²) in [5.41, 5.74) is 9.72. The summed E-state index contributed by atoms with van der Waals surface area (Å²) in [5, 5.41) is 3.71. The van der Waals surface area contributed by atoms with Crippen LogP contribution in [0.4, 0.5) is 0 Å². The van der Waals surface area contributed by atoms with Crippen LogP contribution in [-0.4, -0.2) is 35.0 Å². The van der Waals surface area contributed by atoms with Crippen molar-refractivity contribution in [3.63, 3.8) is 0 Å². The topological polar surface area (TPSA) is 37.9 Å². The highest BCUT2D eigenvalue weighted by atomic mass is 28.3. The second-order valence-electron chi connectivity index (χ2n) is 14.1. The van der Waals surface area contributed by atoms with E-state index in [4.69, 9.17) is 16.0 Å². The van der Waals surface area contributed by atoms with Crippen LogP contribution in [0.2, 0.25) is 19.6 Å². The Labute approximate surface area is 272 Å². The number of hydrogen-bond acceptors (Lipinski definition) is 2. The fourth-order valence-corrected chi connectivity index (χ4v) is 7.78. The van der Waals surface area contributed by atoms with Crippen molar-refractivity contribution in [3.05, 3.63) is 114 Å². The van der Waals surface area contributed by atoms with E-state index in [1.807, 2.05) is 6.20 Å². The lowest BCUT2D eigenvalue weighted by atomic mass is 9.87. The summed E-state index contributed by atoms with van der Waals surface area (Å²) in [7, 11) is -1.47. The quantitative estimate of drug-likeness (QED) is 0.0849. The summed E-state index contributed by atoms with van der Waals surface area (Å²) >= 11 is 0. The minimum Gasteiger partial charge on any atom is -0.455 e. The third-order valence-corrected chi connectivity index (χ3v) is 12.5. The summed E-state index contributed by atoms with van der Waals surface area (Å²) in [4.78, 5) is 4.80. The molecule has 1 aliphatic heterocycles. The largest absolute Gasteiger partial charge is 0.455 e. The Bertz CT molecular complexity index is 2200. The fourth-order valence-electron chi connectivity index (χ4n) is 7.22. The number of imidazole rings is 1. The molecule has 3 aromatic carbocycles. The molecule has 7 rings (SSSR count). The SMILES string of the molecule is C=C1C[n+]2c(n(-c3ccccc3)c3c(C)nccc32)-c2c(ccc3c2oc2ccccc23)CCC(C)C1[N+](=C)/C=C(\C)[Si](C)(C)C. The molecule has 0 radical (unpaired) electrons. The third kappa shape index (κ3) is 4.96. The van der Waals surface area contributed by atoms with Gasteiger partial charge in [0.25, 0.3) is 5.82 Å². The highest BCUT2D eigenvalue weighted by Gasteiger charge is 2.38. The van der Waals surface area contributed by atoms with Crippen LogP contribution in [0.15, 0.2) is 107 Å². The molecule has 0 amide bonds. The normalized spacial score (nSPS) is 17.8. The lowest BCUT2D eigenvalue weighted by Crippen LogP contribution is -2.43. The van der Waals surface area contributed by atoms with Crippen LogP contribution in [0.1, 0.15) is 31.5 Å². The summed E-state index contributed by atoms with van der Waals surface area (Å²) < 4.78 is 13.9. The van der Waals surface area contributed by atoms with Gasteiger partial charge in [0.15, 0.2) is 23.3 Å². The van der Waals surface area contributed by atoms with E-state index in [-0.39, 0.29) is 6.04 Å². The van der Waals surface area contributed by atoms with E-state index in [1.54, 1.807) is 0 Å². The van der Waals surface area contributed by atoms with Crippen LogP contribution < -0.4 is 4.57 Å². The number of allylic oxidation sites excluding steroid dienone is 1. The van der Waals surface area contributed by atoms with Gasteiger partial charge in [-0.05, 0) is 55.6 Å². The predicted molar refractivity (Wildman–Crippen MR) is 194 cm³/mol. The van der Waals surface area contributed by atoms with Gasteiger partial charge in [0, 0.05) is 34.5 Å². The van der Waals surface area contributed by atoms with E-state index in [0.29, 0.717) is 12.5 Å². The smallest absolute Gasteiger partial charge is 0.299 e. The van der Waals surface area contributed by atoms with Gasteiger partial charge in [-0.2, -0.15) is 4.57 Å². The first-order valence-electron chi connectivity index (χ1n) is 16.4. The Morgan fingerprint density at radius 1 is 1.02 bits per heavy atom. The number of fused-ring (bicyclic) bond motifs is 9. The average molecular weight is 625 g/mol. The van der Waals surface area contributed by atoms with Crippen LogP contribution in [0, 0.1) is 12.8 Å². The average Bonchev–Trinajstić information content (AvgIpc) is 3.56. The van der Waals surface area contributed by atoms with Gasteiger partial charge < -0.3 is 4.42 Å². The molecule has 1 aliphatic rings. The van der Waals surface area contributed by atoms with Crippen LogP contribution in [-0.2, 0) is 13.0 Å². The van der Waals surface area contributed by atoms with Crippen molar-refractivity contribution in [1.82, 2.24) is 9.55 Å². The zero-order valence-electron chi connectivity index (χ0n) is 28.0. The van der Waals surface area contributed by atoms with Crippen molar-refractivity contribution in [1.29, 1.82) is 0 Å². The number of aromatic nitrogens is 3. The molecule has 2 unspecified atom stereocenters. The lowest BCUT2D eigenvalue weighted by molar-refractivity contribution is -0.656. The number of para-hydroxylation sites is 2. The number of benzene rings is 3. The van der Waals surface area contributed by atoms with E-state index in [2.05, 4.69) is 140 Å². The molecule has 232 valence electrons. The van der Waals surface area contributed by atoms with Crippen LogP contribution in [0.3, 0.4) is 0 Å². The Balaban J connectivity index is 1.57. The van der Waals surface area contributed by atoms with Crippen molar-refractivity contribution >= 4 is 47.8 Å². The van der Waals surface area contributed by atoms with Gasteiger partial charge in [-0.25, -0.2) is 9.14 Å². The van der Waals surface area contributed by atoms with Gasteiger partial charge in [0.1, 0.15) is 30.1 Å². The molecule has 6 heteroatoms. The first-order valence-corrected chi connectivity index (χ1v) is 19.9. The molecule has 0 fully saturated rings. The number of nitrogens with zero attached hydrogens (tertiary/aromatic N) is 4. The molecule has 4 heterocycles. The zero-order valence-corrected chi connectivity index (χ0v) is 29.0. The lowest BCUT2D eigenvalue weighted by Gasteiger charge is -2.25. The van der Waals surface area contributed by atoms with E-state index in [1.165, 1.54) is 10.8 Å². The van der Waals surface area contributed by atoms with Crippen molar-refractivity contribution in [2.45, 2.75) is 65.8 Å². The fraction of sp³-hybridized carbons (Fsp3) is 0.275. The van der Waals surface area contributed by atoms with Crippen LogP contribution in [0.5, 0.6) is 0 Å². The highest BCUT2D eigenvalue weighted by molar-refractivity contribution is 6.82. The first kappa shape index (κ1) is 30.1. The predicted octanol–water partition coefficient (Wildman–Crippen LogP) is 9.19. The number of furan rings is 1. The van der Waals surface area contributed by atoms with Gasteiger partial charge in [-0.15, -0.1) is 0 Å². The van der Waals surface area contributed by atoms with Crippen molar-refractivity contribution in [3.8, 4) is 17.1 Å². The van der Waals surface area contributed by atoms with Gasteiger partial charge >= 0.3 is 0 Å². The molecular formula is C40H44N4OSi+2.